The summed E-state index contributed by atoms with van der Waals surface area (Å²) < 4.78 is 34.2. The number of rotatable bonds is 6. The number of esters is 1. The van der Waals surface area contributed by atoms with E-state index in [4.69, 9.17) is 4.74 Å². The van der Waals surface area contributed by atoms with Crippen molar-refractivity contribution in [1.82, 2.24) is 5.32 Å². The molecule has 0 heterocycles. The highest BCUT2D eigenvalue weighted by atomic mass is 19.3. The van der Waals surface area contributed by atoms with E-state index >= 15 is 0 Å². The third-order valence-electron chi connectivity index (χ3n) is 6.79. The van der Waals surface area contributed by atoms with Gasteiger partial charge in [0.05, 0.1) is 0 Å². The van der Waals surface area contributed by atoms with Gasteiger partial charge in [-0.1, -0.05) is 32.9 Å². The van der Waals surface area contributed by atoms with Gasteiger partial charge in [-0.2, -0.15) is 8.78 Å². The number of benzene rings is 1. The van der Waals surface area contributed by atoms with E-state index in [2.05, 4.69) is 30.8 Å². The number of alkyl halides is 2. The zero-order chi connectivity index (χ0) is 19.8. The smallest absolute Gasteiger partial charge is 0.387 e. The summed E-state index contributed by atoms with van der Waals surface area (Å²) in [6, 6.07) is 5.59. The Morgan fingerprint density at radius 1 is 1.26 bits per heavy atom. The standard InChI is InChI=1S/C20H25F2NO4/c1-19(2)12-8-9-20(19,3)15(10-12)23-16(24)11-26-17(25)13-6-4-5-7-14(13)27-18(21)22/h4-7,12,15,18H,8-11H2,1-3H3,(H,23,24). The first-order chi connectivity index (χ1) is 12.6. The number of amides is 1. The van der Waals surface area contributed by atoms with Gasteiger partial charge in [-0.15, -0.1) is 0 Å². The lowest BCUT2D eigenvalue weighted by Gasteiger charge is -2.39. The van der Waals surface area contributed by atoms with E-state index in [0.29, 0.717) is 5.92 Å². The van der Waals surface area contributed by atoms with Gasteiger partial charge in [-0.25, -0.2) is 4.79 Å². The Morgan fingerprint density at radius 3 is 2.56 bits per heavy atom. The number of fused-ring (bicyclic) bond motifs is 2. The van der Waals surface area contributed by atoms with Crippen LogP contribution in [0.2, 0.25) is 0 Å². The summed E-state index contributed by atoms with van der Waals surface area (Å²) in [7, 11) is 0. The number of carbonyl (C=O) groups is 2. The van der Waals surface area contributed by atoms with Crippen LogP contribution in [0, 0.1) is 16.7 Å². The molecule has 1 N–H and O–H groups in total. The summed E-state index contributed by atoms with van der Waals surface area (Å²) in [5, 5.41) is 2.99. The van der Waals surface area contributed by atoms with Crippen molar-refractivity contribution in [2.75, 3.05) is 6.61 Å². The minimum absolute atomic E-state index is 0.0229. The molecule has 5 nitrogen and oxygen atoms in total. The Bertz CT molecular complexity index is 736. The highest BCUT2D eigenvalue weighted by Crippen LogP contribution is 2.65. The maximum Gasteiger partial charge on any atom is 0.387 e. The van der Waals surface area contributed by atoms with Crippen molar-refractivity contribution in [3.8, 4) is 5.75 Å². The van der Waals surface area contributed by atoms with E-state index in [-0.39, 0.29) is 34.1 Å². The number of ether oxygens (including phenoxy) is 2. The molecule has 2 aliphatic rings. The van der Waals surface area contributed by atoms with Crippen LogP contribution in [0.3, 0.4) is 0 Å². The molecule has 3 rings (SSSR count). The second-order valence-electron chi connectivity index (χ2n) is 8.18. The molecule has 0 saturated heterocycles. The third-order valence-corrected chi connectivity index (χ3v) is 6.79. The van der Waals surface area contributed by atoms with Crippen LogP contribution in [0.5, 0.6) is 5.75 Å². The second kappa shape index (κ2) is 7.09. The number of para-hydroxylation sites is 1. The molecule has 0 radical (unpaired) electrons. The molecule has 2 aliphatic carbocycles. The molecule has 1 amide bonds. The minimum Gasteiger partial charge on any atom is -0.452 e. The lowest BCUT2D eigenvalue weighted by molar-refractivity contribution is -0.126. The van der Waals surface area contributed by atoms with Gasteiger partial charge in [-0.3, -0.25) is 4.79 Å². The van der Waals surface area contributed by atoms with Gasteiger partial charge in [-0.05, 0) is 48.1 Å². The SMILES string of the molecule is CC1(C)C2CCC1(C)C(NC(=O)COC(=O)c1ccccc1OC(F)F)C2. The van der Waals surface area contributed by atoms with Crippen molar-refractivity contribution < 1.29 is 27.8 Å². The van der Waals surface area contributed by atoms with E-state index in [1.54, 1.807) is 0 Å². The topological polar surface area (TPSA) is 64.6 Å². The zero-order valence-corrected chi connectivity index (χ0v) is 15.8. The first-order valence-electron chi connectivity index (χ1n) is 9.15. The van der Waals surface area contributed by atoms with Gasteiger partial charge in [0.25, 0.3) is 5.91 Å². The molecule has 3 atom stereocenters. The number of carbonyl (C=O) groups excluding carboxylic acids is 2. The molecular formula is C20H25F2NO4. The summed E-state index contributed by atoms with van der Waals surface area (Å²) in [6.07, 6.45) is 3.16. The Balaban J connectivity index is 1.57. The minimum atomic E-state index is -3.05. The molecule has 2 fully saturated rings. The molecule has 7 heteroatoms. The lowest BCUT2D eigenvalue weighted by atomic mass is 9.69. The van der Waals surface area contributed by atoms with Crippen molar-refractivity contribution in [3.05, 3.63) is 29.8 Å². The van der Waals surface area contributed by atoms with Crippen LogP contribution in [0.1, 0.15) is 50.4 Å². The van der Waals surface area contributed by atoms with Crippen LogP contribution in [0.15, 0.2) is 24.3 Å². The van der Waals surface area contributed by atoms with Crippen LogP contribution in [-0.4, -0.2) is 31.1 Å². The lowest BCUT2D eigenvalue weighted by Crippen LogP contribution is -2.48. The summed E-state index contributed by atoms with van der Waals surface area (Å²) in [4.78, 5) is 24.4. The van der Waals surface area contributed by atoms with Crippen LogP contribution in [0.25, 0.3) is 0 Å². The van der Waals surface area contributed by atoms with Gasteiger partial charge in [0.15, 0.2) is 6.61 Å². The monoisotopic (exact) mass is 381 g/mol. The van der Waals surface area contributed by atoms with E-state index in [1.165, 1.54) is 30.7 Å². The normalized spacial score (nSPS) is 28.2. The maximum absolute atomic E-state index is 12.4. The maximum atomic E-state index is 12.4. The second-order valence-corrected chi connectivity index (χ2v) is 8.18. The molecule has 27 heavy (non-hydrogen) atoms. The van der Waals surface area contributed by atoms with Crippen LogP contribution < -0.4 is 10.1 Å². The van der Waals surface area contributed by atoms with Crippen molar-refractivity contribution in [3.63, 3.8) is 0 Å². The predicted octanol–water partition coefficient (Wildman–Crippen LogP) is 3.78. The first-order valence-corrected chi connectivity index (χ1v) is 9.15. The van der Waals surface area contributed by atoms with Gasteiger partial charge >= 0.3 is 12.6 Å². The van der Waals surface area contributed by atoms with Gasteiger partial charge in [0.2, 0.25) is 0 Å². The van der Waals surface area contributed by atoms with Crippen molar-refractivity contribution in [2.24, 2.45) is 16.7 Å². The van der Waals surface area contributed by atoms with Crippen LogP contribution >= 0.6 is 0 Å². The van der Waals surface area contributed by atoms with Crippen LogP contribution in [0.4, 0.5) is 8.78 Å². The van der Waals surface area contributed by atoms with Crippen molar-refractivity contribution in [1.29, 1.82) is 0 Å². The van der Waals surface area contributed by atoms with Gasteiger partial charge < -0.3 is 14.8 Å². The fourth-order valence-electron chi connectivity index (χ4n) is 4.70. The largest absolute Gasteiger partial charge is 0.452 e. The summed E-state index contributed by atoms with van der Waals surface area (Å²) >= 11 is 0. The summed E-state index contributed by atoms with van der Waals surface area (Å²) in [5.74, 6) is -0.958. The summed E-state index contributed by atoms with van der Waals surface area (Å²) in [6.45, 7) is 3.19. The van der Waals surface area contributed by atoms with E-state index in [1.807, 2.05) is 0 Å². The Labute approximate surface area is 157 Å². The molecule has 2 saturated carbocycles. The molecule has 3 unspecified atom stereocenters. The molecule has 0 aromatic heterocycles. The quantitative estimate of drug-likeness (QED) is 0.762. The van der Waals surface area contributed by atoms with Crippen molar-refractivity contribution in [2.45, 2.75) is 52.7 Å². The zero-order valence-electron chi connectivity index (χ0n) is 15.8. The average Bonchev–Trinajstić information content (AvgIpc) is 2.93. The Kier molecular flexibility index (Phi) is 5.14. The van der Waals surface area contributed by atoms with Crippen molar-refractivity contribution >= 4 is 11.9 Å². The first kappa shape index (κ1) is 19.6. The van der Waals surface area contributed by atoms with E-state index in [9.17, 15) is 18.4 Å². The number of nitrogens with one attached hydrogen (secondary N) is 1. The molecular weight excluding hydrogens is 356 g/mol. The highest BCUT2D eigenvalue weighted by Gasteiger charge is 2.61. The molecule has 1 aromatic carbocycles. The number of hydrogen-bond acceptors (Lipinski definition) is 4. The van der Waals surface area contributed by atoms with E-state index in [0.717, 1.165) is 12.8 Å². The third kappa shape index (κ3) is 3.51. The summed E-state index contributed by atoms with van der Waals surface area (Å²) in [5.41, 5.74) is 0.0426. The Morgan fingerprint density at radius 2 is 1.96 bits per heavy atom. The molecule has 0 aliphatic heterocycles. The Hall–Kier alpha value is -2.18. The molecule has 1 aromatic rings. The molecule has 148 valence electrons. The molecule has 2 bridgehead atoms. The predicted molar refractivity (Wildman–Crippen MR) is 94.5 cm³/mol. The number of hydrogen-bond donors (Lipinski definition) is 1. The van der Waals surface area contributed by atoms with Gasteiger partial charge in [0, 0.05) is 6.04 Å². The number of halogens is 2. The van der Waals surface area contributed by atoms with E-state index < -0.39 is 19.2 Å². The van der Waals surface area contributed by atoms with Crippen LogP contribution in [-0.2, 0) is 9.53 Å². The van der Waals surface area contributed by atoms with Gasteiger partial charge in [0.1, 0.15) is 11.3 Å². The average molecular weight is 381 g/mol. The highest BCUT2D eigenvalue weighted by molar-refractivity contribution is 5.94. The fourth-order valence-corrected chi connectivity index (χ4v) is 4.70. The fraction of sp³-hybridized carbons (Fsp3) is 0.600. The molecule has 0 spiro atoms.